The molecular formula is C7H9NO4. The molecule has 0 N–H and O–H groups in total. The summed E-state index contributed by atoms with van der Waals surface area (Å²) < 4.78 is 4.60. The van der Waals surface area contributed by atoms with Crippen molar-refractivity contribution in [2.45, 2.75) is 6.92 Å². The molecule has 0 rings (SSSR count). The van der Waals surface area contributed by atoms with Crippen molar-refractivity contribution in [3.05, 3.63) is 12.2 Å². The van der Waals surface area contributed by atoms with Gasteiger partial charge in [-0.05, 0) is 6.92 Å². The molecule has 0 aromatic heterocycles. The van der Waals surface area contributed by atoms with Crippen LogP contribution >= 0.6 is 0 Å². The Morgan fingerprint density at radius 3 is 2.75 bits per heavy atom. The topological polar surface area (TPSA) is 65.0 Å². The second kappa shape index (κ2) is 6.12. The van der Waals surface area contributed by atoms with Crippen LogP contribution in [0.15, 0.2) is 17.3 Å². The molecule has 0 amide bonds. The Bertz CT molecular complexity index is 217. The van der Waals surface area contributed by atoms with Crippen LogP contribution in [0.2, 0.25) is 0 Å². The number of rotatable bonds is 5. The molecule has 0 radical (unpaired) electrons. The van der Waals surface area contributed by atoms with Gasteiger partial charge in [0.25, 0.3) is 6.08 Å². The minimum absolute atomic E-state index is 0.0360. The van der Waals surface area contributed by atoms with Crippen molar-refractivity contribution in [3.63, 3.8) is 0 Å². The van der Waals surface area contributed by atoms with E-state index in [9.17, 15) is 9.59 Å². The third-order valence-corrected chi connectivity index (χ3v) is 0.858. The van der Waals surface area contributed by atoms with Crippen LogP contribution in [0, 0.1) is 0 Å². The third-order valence-electron chi connectivity index (χ3n) is 0.858. The molecule has 66 valence electrons. The molecule has 0 atom stereocenters. The summed E-state index contributed by atoms with van der Waals surface area (Å²) in [5.41, 5.74) is 0.314. The first kappa shape index (κ1) is 10.4. The lowest BCUT2D eigenvalue weighted by atomic mass is 10.4. The van der Waals surface area contributed by atoms with Gasteiger partial charge in [0.2, 0.25) is 0 Å². The van der Waals surface area contributed by atoms with Gasteiger partial charge in [-0.1, -0.05) is 6.58 Å². The van der Waals surface area contributed by atoms with Crippen LogP contribution in [0.5, 0.6) is 0 Å². The monoisotopic (exact) mass is 171 g/mol. The van der Waals surface area contributed by atoms with Gasteiger partial charge in [0, 0.05) is 10.7 Å². The molecule has 0 bridgehead atoms. The molecule has 12 heavy (non-hydrogen) atoms. The number of nitrogens with zero attached hydrogens (tertiary/aromatic N) is 1. The zero-order valence-corrected chi connectivity index (χ0v) is 6.70. The van der Waals surface area contributed by atoms with Crippen molar-refractivity contribution < 1.29 is 19.2 Å². The van der Waals surface area contributed by atoms with E-state index in [4.69, 9.17) is 0 Å². The predicted molar refractivity (Wildman–Crippen MR) is 39.8 cm³/mol. The summed E-state index contributed by atoms with van der Waals surface area (Å²) in [6, 6.07) is 0. The molecule has 5 nitrogen and oxygen atoms in total. The first-order chi connectivity index (χ1) is 5.68. The van der Waals surface area contributed by atoms with Crippen LogP contribution in [0.1, 0.15) is 6.92 Å². The minimum Gasteiger partial charge on any atom is -0.459 e. The highest BCUT2D eigenvalue weighted by atomic mass is 16.6. The highest BCUT2D eigenvalue weighted by Gasteiger charge is 2.01. The SMILES string of the molecule is C=C(C)C(=O)OCCON=C=O. The molecule has 0 aromatic carbocycles. The molecule has 0 aromatic rings. The van der Waals surface area contributed by atoms with Crippen LogP contribution in [-0.4, -0.2) is 25.3 Å². The Morgan fingerprint density at radius 2 is 2.25 bits per heavy atom. The van der Waals surface area contributed by atoms with Crippen LogP contribution < -0.4 is 0 Å². The normalized spacial score (nSPS) is 8.08. The summed E-state index contributed by atoms with van der Waals surface area (Å²) in [7, 11) is 0. The van der Waals surface area contributed by atoms with E-state index in [1.807, 2.05) is 0 Å². The van der Waals surface area contributed by atoms with E-state index >= 15 is 0 Å². The Balaban J connectivity index is 3.37. The summed E-state index contributed by atoms with van der Waals surface area (Å²) in [4.78, 5) is 24.5. The first-order valence-electron chi connectivity index (χ1n) is 3.20. The predicted octanol–water partition coefficient (Wildman–Crippen LogP) is 0.373. The molecule has 0 aliphatic carbocycles. The van der Waals surface area contributed by atoms with E-state index < -0.39 is 5.97 Å². The van der Waals surface area contributed by atoms with Gasteiger partial charge in [0.15, 0.2) is 6.61 Å². The van der Waals surface area contributed by atoms with E-state index in [2.05, 4.69) is 21.3 Å². The standard InChI is InChI=1S/C7H9NO4/c1-6(2)7(10)11-3-4-12-8-5-9/h1,3-4H2,2H3. The summed E-state index contributed by atoms with van der Waals surface area (Å²) in [6.07, 6.45) is 1.17. The Morgan fingerprint density at radius 1 is 1.58 bits per heavy atom. The van der Waals surface area contributed by atoms with Crippen LogP contribution in [0.3, 0.4) is 0 Å². The number of esters is 1. The lowest BCUT2D eigenvalue weighted by molar-refractivity contribution is -0.140. The molecule has 0 fully saturated rings. The molecule has 0 saturated heterocycles. The van der Waals surface area contributed by atoms with Crippen molar-refractivity contribution in [1.29, 1.82) is 0 Å². The summed E-state index contributed by atoms with van der Waals surface area (Å²) in [5.74, 6) is -0.492. The Kier molecular flexibility index (Phi) is 5.30. The highest BCUT2D eigenvalue weighted by Crippen LogP contribution is 1.91. The molecule has 0 heterocycles. The third kappa shape index (κ3) is 5.20. The lowest BCUT2D eigenvalue weighted by Gasteiger charge is -2.01. The zero-order valence-electron chi connectivity index (χ0n) is 6.70. The maximum Gasteiger partial charge on any atom is 0.333 e. The van der Waals surface area contributed by atoms with Gasteiger partial charge in [-0.15, -0.1) is 0 Å². The zero-order chi connectivity index (χ0) is 9.40. The highest BCUT2D eigenvalue weighted by molar-refractivity contribution is 5.86. The number of hydrogen-bond acceptors (Lipinski definition) is 5. The maximum atomic E-state index is 10.7. The lowest BCUT2D eigenvalue weighted by Crippen LogP contribution is -2.09. The average molecular weight is 171 g/mol. The molecule has 0 aliphatic heterocycles. The van der Waals surface area contributed by atoms with E-state index in [1.54, 1.807) is 0 Å². The largest absolute Gasteiger partial charge is 0.459 e. The van der Waals surface area contributed by atoms with Gasteiger partial charge in [-0.2, -0.15) is 0 Å². The molecule has 0 aliphatic rings. The number of carbonyl (C=O) groups excluding carboxylic acids is 2. The quantitative estimate of drug-likeness (QED) is 0.150. The fourth-order valence-electron chi connectivity index (χ4n) is 0.367. The van der Waals surface area contributed by atoms with Gasteiger partial charge in [0.1, 0.15) is 6.61 Å². The first-order valence-corrected chi connectivity index (χ1v) is 3.20. The van der Waals surface area contributed by atoms with E-state index in [-0.39, 0.29) is 13.2 Å². The van der Waals surface area contributed by atoms with Crippen molar-refractivity contribution in [2.24, 2.45) is 5.16 Å². The molecule has 0 spiro atoms. The second-order valence-corrected chi connectivity index (χ2v) is 1.93. The van der Waals surface area contributed by atoms with Crippen LogP contribution in [-0.2, 0) is 19.2 Å². The smallest absolute Gasteiger partial charge is 0.333 e. The summed E-state index contributed by atoms with van der Waals surface area (Å²) in [6.45, 7) is 4.98. The van der Waals surface area contributed by atoms with Crippen molar-refractivity contribution in [3.8, 4) is 0 Å². The average Bonchev–Trinajstić information content (AvgIpc) is 2.03. The Labute approximate surface area is 69.6 Å². The number of hydrogen-bond donors (Lipinski definition) is 0. The van der Waals surface area contributed by atoms with E-state index in [0.717, 1.165) is 0 Å². The summed E-state index contributed by atoms with van der Waals surface area (Å²) >= 11 is 0. The molecule has 0 saturated carbocycles. The maximum absolute atomic E-state index is 10.7. The van der Waals surface area contributed by atoms with Crippen molar-refractivity contribution >= 4 is 12.0 Å². The van der Waals surface area contributed by atoms with E-state index in [1.165, 1.54) is 13.0 Å². The number of carbonyl (C=O) groups is 1. The fourth-order valence-corrected chi connectivity index (χ4v) is 0.367. The molecule has 5 heteroatoms. The number of ether oxygens (including phenoxy) is 1. The second-order valence-electron chi connectivity index (χ2n) is 1.93. The summed E-state index contributed by atoms with van der Waals surface area (Å²) in [5, 5.41) is 2.79. The fraction of sp³-hybridized carbons (Fsp3) is 0.429. The number of isocyanates is 1. The van der Waals surface area contributed by atoms with Gasteiger partial charge >= 0.3 is 5.97 Å². The van der Waals surface area contributed by atoms with Crippen molar-refractivity contribution in [1.82, 2.24) is 0 Å². The molecule has 0 unspecified atom stereocenters. The van der Waals surface area contributed by atoms with Gasteiger partial charge in [-0.3, -0.25) is 0 Å². The van der Waals surface area contributed by atoms with Gasteiger partial charge < -0.3 is 9.57 Å². The Hall–Kier alpha value is -1.61. The van der Waals surface area contributed by atoms with Crippen LogP contribution in [0.25, 0.3) is 0 Å². The van der Waals surface area contributed by atoms with E-state index in [0.29, 0.717) is 5.57 Å². The minimum atomic E-state index is -0.492. The van der Waals surface area contributed by atoms with Crippen molar-refractivity contribution in [2.75, 3.05) is 13.2 Å². The molecular weight excluding hydrogens is 162 g/mol. The van der Waals surface area contributed by atoms with Crippen LogP contribution in [0.4, 0.5) is 0 Å². The van der Waals surface area contributed by atoms with Gasteiger partial charge in [-0.25, -0.2) is 9.59 Å². The van der Waals surface area contributed by atoms with Gasteiger partial charge in [0.05, 0.1) is 0 Å².